The lowest BCUT2D eigenvalue weighted by atomic mass is 10.0. The smallest absolute Gasteiger partial charge is 0.257 e. The number of benzene rings is 1. The number of thiophene rings is 1. The van der Waals surface area contributed by atoms with Gasteiger partial charge >= 0.3 is 0 Å². The monoisotopic (exact) mass is 415 g/mol. The second-order valence-corrected chi connectivity index (χ2v) is 8.17. The summed E-state index contributed by atoms with van der Waals surface area (Å²) >= 11 is 5.23. The van der Waals surface area contributed by atoms with Crippen molar-refractivity contribution in [2.24, 2.45) is 0 Å². The van der Waals surface area contributed by atoms with E-state index in [-0.39, 0.29) is 11.9 Å². The standard InChI is InChI=1S/C19H18BrN3OS/c1-12-16-8-10-25-18(16)7-9-22(12)19(24)17-11-21-23(13(17)2)15-5-3-14(20)4-6-15/h3-6,8,10-12H,7,9H2,1-2H3. The van der Waals surface area contributed by atoms with E-state index in [1.165, 1.54) is 10.4 Å². The number of carbonyl (C=O) groups excluding carboxylic acids is 1. The first kappa shape index (κ1) is 16.5. The van der Waals surface area contributed by atoms with E-state index in [0.717, 1.165) is 28.8 Å². The number of rotatable bonds is 2. The lowest BCUT2D eigenvalue weighted by Gasteiger charge is -2.33. The molecule has 0 saturated carbocycles. The summed E-state index contributed by atoms with van der Waals surface area (Å²) in [5.74, 6) is 0.0604. The van der Waals surface area contributed by atoms with E-state index in [9.17, 15) is 4.79 Å². The lowest BCUT2D eigenvalue weighted by molar-refractivity contribution is 0.0678. The van der Waals surface area contributed by atoms with Crippen molar-refractivity contribution in [1.82, 2.24) is 14.7 Å². The molecule has 3 heterocycles. The van der Waals surface area contributed by atoms with Gasteiger partial charge in [0, 0.05) is 15.9 Å². The van der Waals surface area contributed by atoms with Crippen molar-refractivity contribution in [3.63, 3.8) is 0 Å². The molecule has 0 radical (unpaired) electrons. The molecule has 2 aromatic heterocycles. The maximum absolute atomic E-state index is 13.1. The molecule has 4 nitrogen and oxygen atoms in total. The Bertz CT molecular complexity index is 929. The molecule has 0 saturated heterocycles. The van der Waals surface area contributed by atoms with Crippen LogP contribution in [0, 0.1) is 6.92 Å². The molecule has 0 aliphatic carbocycles. The number of aromatic nitrogens is 2. The van der Waals surface area contributed by atoms with E-state index in [1.54, 1.807) is 17.5 Å². The number of carbonyl (C=O) groups is 1. The number of hydrogen-bond acceptors (Lipinski definition) is 3. The van der Waals surface area contributed by atoms with Crippen LogP contribution in [0.2, 0.25) is 0 Å². The molecule has 6 heteroatoms. The lowest BCUT2D eigenvalue weighted by Crippen LogP contribution is -2.38. The number of fused-ring (bicyclic) bond motifs is 1. The zero-order valence-corrected chi connectivity index (χ0v) is 16.5. The summed E-state index contributed by atoms with van der Waals surface area (Å²) in [7, 11) is 0. The number of nitrogens with zero attached hydrogens (tertiary/aromatic N) is 3. The third-order valence-electron chi connectivity index (χ3n) is 4.85. The normalized spacial score (nSPS) is 16.8. The average Bonchev–Trinajstić information content (AvgIpc) is 3.23. The van der Waals surface area contributed by atoms with Gasteiger partial charge < -0.3 is 4.90 Å². The van der Waals surface area contributed by atoms with E-state index in [0.29, 0.717) is 5.56 Å². The number of amides is 1. The fraction of sp³-hybridized carbons (Fsp3) is 0.263. The second-order valence-electron chi connectivity index (χ2n) is 6.26. The molecule has 1 aromatic carbocycles. The maximum atomic E-state index is 13.1. The molecule has 1 aliphatic rings. The van der Waals surface area contributed by atoms with Gasteiger partial charge in [0.05, 0.1) is 29.2 Å². The molecular formula is C19H18BrN3OS. The van der Waals surface area contributed by atoms with Gasteiger partial charge in [-0.3, -0.25) is 4.79 Å². The van der Waals surface area contributed by atoms with Crippen molar-refractivity contribution >= 4 is 33.2 Å². The zero-order valence-electron chi connectivity index (χ0n) is 14.1. The molecule has 0 N–H and O–H groups in total. The summed E-state index contributed by atoms with van der Waals surface area (Å²) < 4.78 is 2.84. The molecule has 128 valence electrons. The van der Waals surface area contributed by atoms with Gasteiger partial charge in [0.2, 0.25) is 0 Å². The largest absolute Gasteiger partial charge is 0.331 e. The minimum atomic E-state index is 0.0604. The molecular weight excluding hydrogens is 398 g/mol. The zero-order chi connectivity index (χ0) is 17.6. The first-order chi connectivity index (χ1) is 12.1. The highest BCUT2D eigenvalue weighted by molar-refractivity contribution is 9.10. The van der Waals surface area contributed by atoms with Gasteiger partial charge in [-0.15, -0.1) is 11.3 Å². The third kappa shape index (κ3) is 2.83. The Kier molecular flexibility index (Phi) is 4.25. The Morgan fingerprint density at radius 3 is 2.80 bits per heavy atom. The highest BCUT2D eigenvalue weighted by atomic mass is 79.9. The van der Waals surface area contributed by atoms with Crippen LogP contribution in [0.15, 0.2) is 46.4 Å². The number of hydrogen-bond donors (Lipinski definition) is 0. The van der Waals surface area contributed by atoms with Gasteiger partial charge in [0.25, 0.3) is 5.91 Å². The number of halogens is 1. The Balaban J connectivity index is 1.65. The topological polar surface area (TPSA) is 38.1 Å². The van der Waals surface area contributed by atoms with E-state index in [4.69, 9.17) is 0 Å². The van der Waals surface area contributed by atoms with Crippen molar-refractivity contribution in [2.75, 3.05) is 6.54 Å². The minimum absolute atomic E-state index is 0.0604. The van der Waals surface area contributed by atoms with Gasteiger partial charge in [-0.2, -0.15) is 5.10 Å². The summed E-state index contributed by atoms with van der Waals surface area (Å²) in [6.07, 6.45) is 2.62. The predicted molar refractivity (Wildman–Crippen MR) is 103 cm³/mol. The highest BCUT2D eigenvalue weighted by Gasteiger charge is 2.30. The van der Waals surface area contributed by atoms with Crippen LogP contribution >= 0.6 is 27.3 Å². The van der Waals surface area contributed by atoms with Crippen molar-refractivity contribution < 1.29 is 4.79 Å². The summed E-state index contributed by atoms with van der Waals surface area (Å²) in [6, 6.07) is 10.2. The highest BCUT2D eigenvalue weighted by Crippen LogP contribution is 2.34. The van der Waals surface area contributed by atoms with E-state index in [2.05, 4.69) is 39.4 Å². The molecule has 4 rings (SSSR count). The molecule has 1 amide bonds. The van der Waals surface area contributed by atoms with Crippen LogP contribution in [0.25, 0.3) is 5.69 Å². The van der Waals surface area contributed by atoms with Crippen molar-refractivity contribution in [3.8, 4) is 5.69 Å². The maximum Gasteiger partial charge on any atom is 0.257 e. The Morgan fingerprint density at radius 1 is 1.28 bits per heavy atom. The molecule has 1 atom stereocenters. The molecule has 0 fully saturated rings. The van der Waals surface area contributed by atoms with E-state index in [1.807, 2.05) is 40.8 Å². The fourth-order valence-corrected chi connectivity index (χ4v) is 4.63. The molecule has 0 bridgehead atoms. The summed E-state index contributed by atoms with van der Waals surface area (Å²) in [5, 5.41) is 6.56. The Labute approximate surface area is 159 Å². The molecule has 1 unspecified atom stereocenters. The van der Waals surface area contributed by atoms with Crippen LogP contribution in [0.4, 0.5) is 0 Å². The van der Waals surface area contributed by atoms with E-state index < -0.39 is 0 Å². The summed E-state index contributed by atoms with van der Waals surface area (Å²) in [4.78, 5) is 16.5. The van der Waals surface area contributed by atoms with Crippen LogP contribution in [0.5, 0.6) is 0 Å². The quantitative estimate of drug-likeness (QED) is 0.604. The summed E-state index contributed by atoms with van der Waals surface area (Å²) in [6.45, 7) is 4.82. The SMILES string of the molecule is Cc1c(C(=O)N2CCc3sccc3C2C)cnn1-c1ccc(Br)cc1. The van der Waals surface area contributed by atoms with Crippen LogP contribution in [0.3, 0.4) is 0 Å². The van der Waals surface area contributed by atoms with E-state index >= 15 is 0 Å². The molecule has 25 heavy (non-hydrogen) atoms. The first-order valence-electron chi connectivity index (χ1n) is 8.24. The Morgan fingerprint density at radius 2 is 2.04 bits per heavy atom. The Hall–Kier alpha value is -1.92. The van der Waals surface area contributed by atoms with Gasteiger partial charge in [0.15, 0.2) is 0 Å². The average molecular weight is 416 g/mol. The molecule has 3 aromatic rings. The third-order valence-corrected chi connectivity index (χ3v) is 6.37. The van der Waals surface area contributed by atoms with Crippen LogP contribution in [0.1, 0.15) is 39.5 Å². The predicted octanol–water partition coefficient (Wildman–Crippen LogP) is 4.76. The second kappa shape index (κ2) is 6.42. The van der Waals surface area contributed by atoms with Crippen molar-refractivity contribution in [2.45, 2.75) is 26.3 Å². The van der Waals surface area contributed by atoms with Crippen molar-refractivity contribution in [1.29, 1.82) is 0 Å². The molecule has 0 spiro atoms. The summed E-state index contributed by atoms with van der Waals surface area (Å²) in [5.41, 5.74) is 3.78. The van der Waals surface area contributed by atoms with Gasteiger partial charge in [-0.1, -0.05) is 15.9 Å². The van der Waals surface area contributed by atoms with Crippen molar-refractivity contribution in [3.05, 3.63) is 68.1 Å². The van der Waals surface area contributed by atoms with Gasteiger partial charge in [0.1, 0.15) is 0 Å². The molecule has 1 aliphatic heterocycles. The fourth-order valence-electron chi connectivity index (χ4n) is 3.40. The first-order valence-corrected chi connectivity index (χ1v) is 9.91. The minimum Gasteiger partial charge on any atom is -0.331 e. The van der Waals surface area contributed by atoms with Crippen LogP contribution in [-0.4, -0.2) is 27.1 Å². The van der Waals surface area contributed by atoms with Crippen LogP contribution < -0.4 is 0 Å². The van der Waals surface area contributed by atoms with Gasteiger partial charge in [-0.25, -0.2) is 4.68 Å². The van der Waals surface area contributed by atoms with Crippen LogP contribution in [-0.2, 0) is 6.42 Å². The van der Waals surface area contributed by atoms with Gasteiger partial charge in [-0.05, 0) is 61.5 Å².